The molecule has 3 saturated carbocycles. The fourth-order valence-electron chi connectivity index (χ4n) is 8.97. The molecule has 2 atom stereocenters. The molecular weight excluding hydrogens is 640 g/mol. The van der Waals surface area contributed by atoms with Gasteiger partial charge < -0.3 is 29.5 Å². The summed E-state index contributed by atoms with van der Waals surface area (Å²) in [5, 5.41) is 23.3. The summed E-state index contributed by atoms with van der Waals surface area (Å²) < 4.78 is 7.16. The van der Waals surface area contributed by atoms with Crippen molar-refractivity contribution in [1.82, 2.24) is 44.7 Å². The highest BCUT2D eigenvalue weighted by Crippen LogP contribution is 2.60. The highest BCUT2D eigenvalue weighted by molar-refractivity contribution is 5.95. The monoisotopic (exact) mass is 682 g/mol. The van der Waals surface area contributed by atoms with Crippen LogP contribution in [-0.2, 0) is 17.8 Å². The van der Waals surface area contributed by atoms with Crippen molar-refractivity contribution in [3.8, 4) is 17.3 Å². The summed E-state index contributed by atoms with van der Waals surface area (Å²) >= 11 is 0. The number of carbonyl (C=O) groups excluding carboxylic acids is 2. The topological polar surface area (TPSA) is 173 Å². The van der Waals surface area contributed by atoms with Gasteiger partial charge in [-0.25, -0.2) is 15.0 Å². The Kier molecular flexibility index (Phi) is 7.56. The molecule has 5 heterocycles. The molecule has 0 aromatic carbocycles. The molecule has 4 aliphatic rings. The first-order chi connectivity index (χ1) is 24.0. The molecule has 0 unspecified atom stereocenters. The number of carbonyl (C=O) groups is 2. The van der Waals surface area contributed by atoms with Crippen LogP contribution in [0, 0.1) is 12.3 Å². The number of hydrogen-bond acceptors (Lipinski definition) is 11. The minimum Gasteiger partial charge on any atom is -0.504 e. The predicted octanol–water partition coefficient (Wildman–Crippen LogP) is 2.68. The zero-order chi connectivity index (χ0) is 34.9. The van der Waals surface area contributed by atoms with Crippen molar-refractivity contribution >= 4 is 28.7 Å². The molecule has 262 valence electrons. The summed E-state index contributed by atoms with van der Waals surface area (Å²) in [7, 11) is 1.52. The summed E-state index contributed by atoms with van der Waals surface area (Å²) in [5.41, 5.74) is 2.39. The quantitative estimate of drug-likeness (QED) is 0.280. The fraction of sp³-hybridized carbons (Fsp3) is 0.543. The Labute approximate surface area is 288 Å². The van der Waals surface area contributed by atoms with Crippen LogP contribution in [0.4, 0.5) is 5.69 Å². The number of amides is 2. The van der Waals surface area contributed by atoms with Gasteiger partial charge in [0.05, 0.1) is 24.5 Å². The zero-order valence-corrected chi connectivity index (χ0v) is 28.8. The SMILES string of the molecule is CCc1c(N2CCN(C(=O)c3ncnc(C)c3O)[C@H]3CC[C@@H]32)c(=O)c2nn(-c3ccnc(OC)c3)nc2n1CC(=O)NC1(C)CC2(CCC2)C1. The van der Waals surface area contributed by atoms with E-state index in [0.29, 0.717) is 59.2 Å². The standard InChI is InChI=1S/C35H42N10O5/c1-5-22-29(42-13-14-43(24-8-7-23(24)42)33(49)28-30(47)20(2)37-19-38-28)31(48)27-32(41-45(40-27)21-9-12-36-26(15-21)50-4)44(22)16-25(46)39-34(3)17-35(18-34)10-6-11-35/h9,12,15,19,23-24,47H,5-8,10-11,13-14,16-18H2,1-4H3,(H,39,46)/t23-,24-/m0/s1. The van der Waals surface area contributed by atoms with Crippen molar-refractivity contribution in [3.05, 3.63) is 52.0 Å². The second-order valence-corrected chi connectivity index (χ2v) is 14.7. The van der Waals surface area contributed by atoms with Crippen LogP contribution < -0.4 is 20.4 Å². The molecule has 0 radical (unpaired) electrons. The van der Waals surface area contributed by atoms with Crippen molar-refractivity contribution in [1.29, 1.82) is 0 Å². The van der Waals surface area contributed by atoms with Crippen LogP contribution in [0.5, 0.6) is 11.6 Å². The maximum absolute atomic E-state index is 14.6. The first kappa shape index (κ1) is 32.1. The molecular formula is C35H42N10O5. The van der Waals surface area contributed by atoms with E-state index < -0.39 is 0 Å². The molecule has 4 fully saturated rings. The Morgan fingerprint density at radius 3 is 2.56 bits per heavy atom. The number of aromatic nitrogens is 7. The lowest BCUT2D eigenvalue weighted by molar-refractivity contribution is -0.129. The van der Waals surface area contributed by atoms with Gasteiger partial charge in [0.25, 0.3) is 5.91 Å². The Morgan fingerprint density at radius 1 is 1.10 bits per heavy atom. The molecule has 2 N–H and O–H groups in total. The van der Waals surface area contributed by atoms with Gasteiger partial charge in [-0.1, -0.05) is 13.3 Å². The van der Waals surface area contributed by atoms with Crippen LogP contribution in [0.25, 0.3) is 16.9 Å². The van der Waals surface area contributed by atoms with Gasteiger partial charge >= 0.3 is 0 Å². The lowest BCUT2D eigenvalue weighted by Crippen LogP contribution is -2.67. The number of aromatic hydroxyl groups is 1. The van der Waals surface area contributed by atoms with Gasteiger partial charge in [-0.2, -0.15) is 0 Å². The molecule has 0 bridgehead atoms. The molecule has 50 heavy (non-hydrogen) atoms. The van der Waals surface area contributed by atoms with Crippen molar-refractivity contribution in [2.45, 2.75) is 96.3 Å². The first-order valence-corrected chi connectivity index (χ1v) is 17.5. The number of methoxy groups -OCH3 is 1. The molecule has 2 amide bonds. The Balaban J connectivity index is 1.17. The number of fused-ring (bicyclic) bond motifs is 2. The summed E-state index contributed by atoms with van der Waals surface area (Å²) in [4.78, 5) is 59.6. The minimum atomic E-state index is -0.355. The van der Waals surface area contributed by atoms with Gasteiger partial charge in [0.2, 0.25) is 17.2 Å². The van der Waals surface area contributed by atoms with E-state index in [1.54, 1.807) is 30.2 Å². The molecule has 4 aromatic heterocycles. The largest absolute Gasteiger partial charge is 0.504 e. The summed E-state index contributed by atoms with van der Waals surface area (Å²) in [6.07, 6.45) is 10.5. The molecule has 1 aliphatic heterocycles. The van der Waals surface area contributed by atoms with Crippen molar-refractivity contribution in [2.24, 2.45) is 5.41 Å². The average molecular weight is 683 g/mol. The lowest BCUT2D eigenvalue weighted by Gasteiger charge is -2.60. The van der Waals surface area contributed by atoms with E-state index in [9.17, 15) is 19.5 Å². The number of ether oxygens (including phenoxy) is 1. The molecule has 1 spiro atoms. The number of anilines is 1. The average Bonchev–Trinajstić information content (AvgIpc) is 3.51. The third-order valence-electron chi connectivity index (χ3n) is 11.4. The van der Waals surface area contributed by atoms with Gasteiger partial charge in [0.15, 0.2) is 22.6 Å². The van der Waals surface area contributed by atoms with Gasteiger partial charge in [0.1, 0.15) is 18.6 Å². The molecule has 3 aliphatic carbocycles. The molecule has 15 heteroatoms. The Hall–Kier alpha value is -5.08. The maximum Gasteiger partial charge on any atom is 0.276 e. The normalized spacial score (nSPS) is 21.6. The second kappa shape index (κ2) is 11.8. The number of aryl methyl sites for hydroxylation is 1. The summed E-state index contributed by atoms with van der Waals surface area (Å²) in [6, 6.07) is 3.09. The van der Waals surface area contributed by atoms with Crippen LogP contribution >= 0.6 is 0 Å². The van der Waals surface area contributed by atoms with E-state index in [2.05, 4.69) is 37.2 Å². The van der Waals surface area contributed by atoms with Crippen LogP contribution in [0.2, 0.25) is 0 Å². The van der Waals surface area contributed by atoms with Crippen molar-refractivity contribution in [3.63, 3.8) is 0 Å². The van der Waals surface area contributed by atoms with Gasteiger partial charge in [-0.05, 0) is 70.3 Å². The lowest BCUT2D eigenvalue weighted by atomic mass is 9.49. The van der Waals surface area contributed by atoms with Gasteiger partial charge in [-0.3, -0.25) is 14.4 Å². The van der Waals surface area contributed by atoms with Crippen LogP contribution in [0.1, 0.15) is 80.7 Å². The van der Waals surface area contributed by atoms with Crippen molar-refractivity contribution in [2.75, 3.05) is 25.1 Å². The highest BCUT2D eigenvalue weighted by Gasteiger charge is 2.55. The maximum atomic E-state index is 14.6. The zero-order valence-electron chi connectivity index (χ0n) is 28.8. The third kappa shape index (κ3) is 5.07. The molecule has 8 rings (SSSR count). The Bertz CT molecular complexity index is 2080. The van der Waals surface area contributed by atoms with Crippen molar-refractivity contribution < 1.29 is 19.4 Å². The van der Waals surface area contributed by atoms with E-state index in [4.69, 9.17) is 9.84 Å². The van der Waals surface area contributed by atoms with Crippen LogP contribution in [-0.4, -0.2) is 94.2 Å². The predicted molar refractivity (Wildman–Crippen MR) is 183 cm³/mol. The van der Waals surface area contributed by atoms with E-state index in [1.165, 1.54) is 37.5 Å². The molecule has 4 aromatic rings. The first-order valence-electron chi connectivity index (χ1n) is 17.5. The minimum absolute atomic E-state index is 0.0200. The smallest absolute Gasteiger partial charge is 0.276 e. The van der Waals surface area contributed by atoms with E-state index in [-0.39, 0.29) is 58.4 Å². The highest BCUT2D eigenvalue weighted by atomic mass is 16.5. The second-order valence-electron chi connectivity index (χ2n) is 14.7. The fourth-order valence-corrected chi connectivity index (χ4v) is 8.97. The molecule has 1 saturated heterocycles. The number of hydrogen-bond donors (Lipinski definition) is 2. The van der Waals surface area contributed by atoms with Gasteiger partial charge in [-0.15, -0.1) is 15.0 Å². The Morgan fingerprint density at radius 2 is 1.88 bits per heavy atom. The summed E-state index contributed by atoms with van der Waals surface area (Å²) in [6.45, 7) is 6.41. The number of nitrogens with zero attached hydrogens (tertiary/aromatic N) is 9. The third-order valence-corrected chi connectivity index (χ3v) is 11.4. The van der Waals surface area contributed by atoms with Crippen LogP contribution in [0.3, 0.4) is 0 Å². The molecule has 15 nitrogen and oxygen atoms in total. The number of nitrogens with one attached hydrogen (secondary N) is 1. The number of pyridine rings is 2. The van der Waals surface area contributed by atoms with E-state index in [1.807, 2.05) is 11.5 Å². The number of piperazine rings is 1. The number of rotatable bonds is 8. The summed E-state index contributed by atoms with van der Waals surface area (Å²) in [5.74, 6) is -0.333. The van der Waals surface area contributed by atoms with Gasteiger partial charge in [0, 0.05) is 42.6 Å². The van der Waals surface area contributed by atoms with E-state index in [0.717, 1.165) is 25.7 Å². The van der Waals surface area contributed by atoms with Crippen LogP contribution in [0.15, 0.2) is 29.5 Å². The van der Waals surface area contributed by atoms with E-state index >= 15 is 0 Å².